The summed E-state index contributed by atoms with van der Waals surface area (Å²) in [6.45, 7) is 0. The van der Waals surface area contributed by atoms with Gasteiger partial charge in [0.2, 0.25) is 5.95 Å². The first-order chi connectivity index (χ1) is 25.8. The van der Waals surface area contributed by atoms with Gasteiger partial charge in [0.15, 0.2) is 0 Å². The van der Waals surface area contributed by atoms with Crippen LogP contribution in [0.4, 0.5) is 0 Å². The third-order valence-electron chi connectivity index (χ3n) is 10.5. The molecule has 8 aromatic carbocycles. The number of rotatable bonds is 4. The zero-order valence-electron chi connectivity index (χ0n) is 28.1. The maximum absolute atomic E-state index is 5.42. The SMILES string of the molecule is c1ccc(-c2ccc3c(-c4ccc5ccccc5c4)nc(-n4c5ccccc5c5cc(-n6c7ccccc7c7ccccc76)ccc54)nc3c2)cc1. The molecule has 11 aromatic rings. The quantitative estimate of drug-likeness (QED) is 0.188. The lowest BCUT2D eigenvalue weighted by molar-refractivity contribution is 1.01. The molecule has 0 unspecified atom stereocenters. The van der Waals surface area contributed by atoms with Gasteiger partial charge in [0.05, 0.1) is 33.3 Å². The van der Waals surface area contributed by atoms with Crippen LogP contribution in [0, 0.1) is 0 Å². The van der Waals surface area contributed by atoms with Gasteiger partial charge in [-0.3, -0.25) is 4.57 Å². The van der Waals surface area contributed by atoms with Gasteiger partial charge in [-0.25, -0.2) is 9.97 Å². The van der Waals surface area contributed by atoms with Gasteiger partial charge in [-0.1, -0.05) is 127 Å². The molecule has 3 heterocycles. The van der Waals surface area contributed by atoms with Gasteiger partial charge in [0.1, 0.15) is 0 Å². The highest BCUT2D eigenvalue weighted by Gasteiger charge is 2.19. The third kappa shape index (κ3) is 4.34. The molecule has 0 aliphatic heterocycles. The number of hydrogen-bond acceptors (Lipinski definition) is 2. The fraction of sp³-hybridized carbons (Fsp3) is 0. The number of para-hydroxylation sites is 3. The fourth-order valence-electron chi connectivity index (χ4n) is 8.10. The minimum atomic E-state index is 0.650. The third-order valence-corrected chi connectivity index (χ3v) is 10.5. The fourth-order valence-corrected chi connectivity index (χ4v) is 8.10. The average molecular weight is 663 g/mol. The summed E-state index contributed by atoms with van der Waals surface area (Å²) in [4.78, 5) is 10.8. The van der Waals surface area contributed by atoms with E-state index in [1.807, 2.05) is 0 Å². The minimum absolute atomic E-state index is 0.650. The number of hydrogen-bond donors (Lipinski definition) is 0. The molecule has 3 aromatic heterocycles. The van der Waals surface area contributed by atoms with E-state index in [0.717, 1.165) is 60.8 Å². The summed E-state index contributed by atoms with van der Waals surface area (Å²) in [7, 11) is 0. The zero-order valence-corrected chi connectivity index (χ0v) is 28.1. The Labute approximate surface area is 299 Å². The summed E-state index contributed by atoms with van der Waals surface area (Å²) in [6, 6.07) is 64.9. The largest absolute Gasteiger partial charge is 0.309 e. The van der Waals surface area contributed by atoms with Crippen LogP contribution >= 0.6 is 0 Å². The lowest BCUT2D eigenvalue weighted by Crippen LogP contribution is -2.04. The number of aromatic nitrogens is 4. The van der Waals surface area contributed by atoms with E-state index >= 15 is 0 Å². The number of nitrogens with zero attached hydrogens (tertiary/aromatic N) is 4. The second-order valence-electron chi connectivity index (χ2n) is 13.5. The van der Waals surface area contributed by atoms with Gasteiger partial charge in [-0.2, -0.15) is 0 Å². The van der Waals surface area contributed by atoms with Gasteiger partial charge >= 0.3 is 0 Å². The first-order valence-corrected chi connectivity index (χ1v) is 17.7. The molecule has 0 saturated carbocycles. The zero-order chi connectivity index (χ0) is 34.2. The molecule has 4 heteroatoms. The monoisotopic (exact) mass is 662 g/mol. The Hall–Kier alpha value is -7.04. The first kappa shape index (κ1) is 28.8. The summed E-state index contributed by atoms with van der Waals surface area (Å²) in [5.74, 6) is 0.650. The van der Waals surface area contributed by atoms with E-state index in [1.54, 1.807) is 0 Å². The first-order valence-electron chi connectivity index (χ1n) is 17.7. The molecule has 0 radical (unpaired) electrons. The number of benzene rings is 8. The average Bonchev–Trinajstić information content (AvgIpc) is 3.73. The van der Waals surface area contributed by atoms with Crippen molar-refractivity contribution in [3.63, 3.8) is 0 Å². The molecule has 0 aliphatic rings. The predicted molar refractivity (Wildman–Crippen MR) is 217 cm³/mol. The van der Waals surface area contributed by atoms with E-state index in [1.165, 1.54) is 32.6 Å². The van der Waals surface area contributed by atoms with Crippen LogP contribution in [-0.4, -0.2) is 19.1 Å². The van der Waals surface area contributed by atoms with Gasteiger partial charge in [-0.15, -0.1) is 0 Å². The standard InChI is InChI=1S/C48H30N4/c1-2-12-31(13-3-1)34-24-26-40-42(29-34)49-48(50-47(40)35-23-22-32-14-4-5-15-33(32)28-35)52-45-21-11-8-18-39(45)41-30-36(25-27-46(41)52)51-43-19-9-6-16-37(43)38-17-7-10-20-44(38)51/h1-30H. The summed E-state index contributed by atoms with van der Waals surface area (Å²) in [5.41, 5.74) is 10.8. The molecule has 0 amide bonds. The summed E-state index contributed by atoms with van der Waals surface area (Å²) in [5, 5.41) is 8.23. The summed E-state index contributed by atoms with van der Waals surface area (Å²) in [6.07, 6.45) is 0. The van der Waals surface area contributed by atoms with Gasteiger partial charge in [-0.05, 0) is 76.5 Å². The molecule has 242 valence electrons. The Morgan fingerprint density at radius 1 is 0.327 bits per heavy atom. The van der Waals surface area contributed by atoms with Crippen LogP contribution in [0.25, 0.3) is 99.3 Å². The maximum atomic E-state index is 5.42. The normalized spacial score (nSPS) is 11.8. The Bertz CT molecular complexity index is 3130. The van der Waals surface area contributed by atoms with Crippen molar-refractivity contribution in [3.05, 3.63) is 182 Å². The molecule has 0 spiro atoms. The van der Waals surface area contributed by atoms with Crippen molar-refractivity contribution >= 4 is 65.3 Å². The van der Waals surface area contributed by atoms with Crippen molar-refractivity contribution in [2.24, 2.45) is 0 Å². The molecule has 11 rings (SSSR count). The van der Waals surface area contributed by atoms with E-state index in [0.29, 0.717) is 5.95 Å². The molecule has 0 bridgehead atoms. The Balaban J connectivity index is 1.18. The van der Waals surface area contributed by atoms with Crippen LogP contribution in [-0.2, 0) is 0 Å². The molecule has 0 saturated heterocycles. The van der Waals surface area contributed by atoms with Crippen molar-refractivity contribution in [1.82, 2.24) is 19.1 Å². The molecular weight excluding hydrogens is 633 g/mol. The van der Waals surface area contributed by atoms with Crippen LogP contribution < -0.4 is 0 Å². The predicted octanol–water partition coefficient (Wildman–Crippen LogP) is 12.3. The van der Waals surface area contributed by atoms with Crippen LogP contribution in [0.3, 0.4) is 0 Å². The molecule has 52 heavy (non-hydrogen) atoms. The lowest BCUT2D eigenvalue weighted by atomic mass is 9.99. The smallest absolute Gasteiger partial charge is 0.235 e. The minimum Gasteiger partial charge on any atom is -0.309 e. The molecular formula is C48H30N4. The van der Waals surface area contributed by atoms with Crippen LogP contribution in [0.15, 0.2) is 182 Å². The van der Waals surface area contributed by atoms with Gasteiger partial charge in [0.25, 0.3) is 0 Å². The highest BCUT2D eigenvalue weighted by Crippen LogP contribution is 2.38. The van der Waals surface area contributed by atoms with Crippen LogP contribution in [0.1, 0.15) is 0 Å². The number of fused-ring (bicyclic) bond motifs is 8. The van der Waals surface area contributed by atoms with Crippen molar-refractivity contribution in [3.8, 4) is 34.0 Å². The van der Waals surface area contributed by atoms with Crippen LogP contribution in [0.2, 0.25) is 0 Å². The van der Waals surface area contributed by atoms with Crippen LogP contribution in [0.5, 0.6) is 0 Å². The second kappa shape index (κ2) is 11.2. The Morgan fingerprint density at radius 3 is 1.67 bits per heavy atom. The van der Waals surface area contributed by atoms with Crippen molar-refractivity contribution in [2.75, 3.05) is 0 Å². The highest BCUT2D eigenvalue weighted by atomic mass is 15.2. The van der Waals surface area contributed by atoms with E-state index in [9.17, 15) is 0 Å². The molecule has 0 N–H and O–H groups in total. The molecule has 4 nitrogen and oxygen atoms in total. The van der Waals surface area contributed by atoms with Gasteiger partial charge in [0, 0.05) is 38.2 Å². The van der Waals surface area contributed by atoms with Crippen molar-refractivity contribution < 1.29 is 0 Å². The molecule has 0 fully saturated rings. The van der Waals surface area contributed by atoms with Crippen molar-refractivity contribution in [2.45, 2.75) is 0 Å². The maximum Gasteiger partial charge on any atom is 0.235 e. The van der Waals surface area contributed by atoms with Gasteiger partial charge < -0.3 is 4.57 Å². The summed E-state index contributed by atoms with van der Waals surface area (Å²) < 4.78 is 4.62. The second-order valence-corrected chi connectivity index (χ2v) is 13.5. The van der Waals surface area contributed by atoms with E-state index < -0.39 is 0 Å². The highest BCUT2D eigenvalue weighted by molar-refractivity contribution is 6.12. The molecule has 0 aliphatic carbocycles. The summed E-state index contributed by atoms with van der Waals surface area (Å²) >= 11 is 0. The van der Waals surface area contributed by atoms with E-state index in [4.69, 9.17) is 9.97 Å². The topological polar surface area (TPSA) is 35.6 Å². The van der Waals surface area contributed by atoms with Crippen molar-refractivity contribution in [1.29, 1.82) is 0 Å². The van der Waals surface area contributed by atoms with E-state index in [2.05, 4.69) is 191 Å². The lowest BCUT2D eigenvalue weighted by Gasteiger charge is -2.14. The Kier molecular flexibility index (Phi) is 6.22. The van der Waals surface area contributed by atoms with E-state index in [-0.39, 0.29) is 0 Å². The molecule has 0 atom stereocenters. The Morgan fingerprint density at radius 2 is 0.923 bits per heavy atom.